The molecule has 0 spiro atoms. The first-order chi connectivity index (χ1) is 20.8. The molecule has 1 heterocycles. The van der Waals surface area contributed by atoms with Gasteiger partial charge in [0.1, 0.15) is 0 Å². The van der Waals surface area contributed by atoms with Crippen LogP contribution in [0.15, 0.2) is 30.3 Å². The van der Waals surface area contributed by atoms with Crippen LogP contribution in [0.25, 0.3) is 0 Å². The summed E-state index contributed by atoms with van der Waals surface area (Å²) >= 11 is 0. The topological polar surface area (TPSA) is 120 Å². The maximum Gasteiger partial charge on any atom is 0.240 e. The lowest BCUT2D eigenvalue weighted by Gasteiger charge is -2.40. The highest BCUT2D eigenvalue weighted by Crippen LogP contribution is 2.30. The summed E-state index contributed by atoms with van der Waals surface area (Å²) in [5.74, 6) is -0.695. The lowest BCUT2D eigenvalue weighted by molar-refractivity contribution is -0.147. The van der Waals surface area contributed by atoms with Gasteiger partial charge in [-0.2, -0.15) is 0 Å². The molecule has 1 aliphatic heterocycles. The van der Waals surface area contributed by atoms with Crippen molar-refractivity contribution >= 4 is 17.7 Å². The smallest absolute Gasteiger partial charge is 0.240 e. The van der Waals surface area contributed by atoms with Crippen molar-refractivity contribution < 1.29 is 29.0 Å². The summed E-state index contributed by atoms with van der Waals surface area (Å²) in [5, 5.41) is 16.8. The molecule has 44 heavy (non-hydrogen) atoms. The lowest BCUT2D eigenvalue weighted by atomic mass is 9.89. The summed E-state index contributed by atoms with van der Waals surface area (Å²) in [6.07, 6.45) is 0.577. The Kier molecular flexibility index (Phi) is 15.3. The molecule has 3 amide bonds. The monoisotopic (exact) mass is 618 g/mol. The minimum atomic E-state index is -0.851. The summed E-state index contributed by atoms with van der Waals surface area (Å²) in [6, 6.07) is 7.81. The number of ether oxygens (including phenoxy) is 2. The van der Waals surface area contributed by atoms with Crippen molar-refractivity contribution in [3.05, 3.63) is 35.9 Å². The number of rotatable bonds is 17. The van der Waals surface area contributed by atoms with E-state index in [1.54, 1.807) is 47.1 Å². The minimum Gasteiger partial charge on any atom is -0.386 e. The summed E-state index contributed by atoms with van der Waals surface area (Å²) in [6.45, 7) is 12.3. The number of methoxy groups -OCH3 is 2. The standard InChI is InChI=1S/C34H58N4O6/c1-11-22(4)30(37(8)34(42)29(35-7)21(2)3)27(43-9)20-28(39)38-19-15-18-26(38)32(44-10)23(5)33(41)36-24(6)31(40)25-16-13-12-14-17-25/h12-14,16-17,21-24,26-27,29-32,35,40H,11,15,18-20H2,1-10H3,(H,36,41)/t22-,23+,24+,26-,27-,29-,30-,31+,32+/m0/s1. The van der Waals surface area contributed by atoms with E-state index in [2.05, 4.69) is 24.5 Å². The molecule has 0 saturated carbocycles. The molecular weight excluding hydrogens is 560 g/mol. The Labute approximate surface area is 265 Å². The Morgan fingerprint density at radius 1 is 1.07 bits per heavy atom. The molecule has 3 N–H and O–H groups in total. The summed E-state index contributed by atoms with van der Waals surface area (Å²) < 4.78 is 11.8. The van der Waals surface area contributed by atoms with Gasteiger partial charge in [0.05, 0.1) is 54.8 Å². The predicted octanol–water partition coefficient (Wildman–Crippen LogP) is 3.39. The maximum atomic E-state index is 13.9. The number of aliphatic hydroxyl groups is 1. The molecule has 10 nitrogen and oxygen atoms in total. The Bertz CT molecular complexity index is 1040. The average Bonchev–Trinajstić information content (AvgIpc) is 3.50. The van der Waals surface area contributed by atoms with Crippen LogP contribution in [0.2, 0.25) is 0 Å². The number of carbonyl (C=O) groups excluding carboxylic acids is 3. The molecule has 1 aliphatic rings. The van der Waals surface area contributed by atoms with Gasteiger partial charge in [0, 0.05) is 27.8 Å². The van der Waals surface area contributed by atoms with Crippen LogP contribution in [0, 0.1) is 17.8 Å². The molecule has 1 saturated heterocycles. The number of aliphatic hydroxyl groups excluding tert-OH is 1. The number of carbonyl (C=O) groups is 3. The molecule has 2 rings (SSSR count). The molecule has 0 unspecified atom stereocenters. The van der Waals surface area contributed by atoms with Crippen LogP contribution < -0.4 is 10.6 Å². The van der Waals surface area contributed by atoms with Crippen molar-refractivity contribution in [1.82, 2.24) is 20.4 Å². The molecule has 0 bridgehead atoms. The summed E-state index contributed by atoms with van der Waals surface area (Å²) in [7, 11) is 6.76. The Balaban J connectivity index is 2.19. The molecule has 1 aromatic rings. The van der Waals surface area contributed by atoms with Gasteiger partial charge in [-0.25, -0.2) is 0 Å². The maximum absolute atomic E-state index is 13.9. The van der Waals surface area contributed by atoms with E-state index in [-0.39, 0.29) is 54.1 Å². The highest BCUT2D eigenvalue weighted by atomic mass is 16.5. The molecule has 0 aromatic heterocycles. The van der Waals surface area contributed by atoms with Crippen LogP contribution in [0.4, 0.5) is 0 Å². The number of nitrogens with zero attached hydrogens (tertiary/aromatic N) is 2. The molecule has 0 aliphatic carbocycles. The molecule has 1 fully saturated rings. The van der Waals surface area contributed by atoms with E-state index in [1.165, 1.54) is 0 Å². The number of hydrogen-bond donors (Lipinski definition) is 3. The van der Waals surface area contributed by atoms with E-state index in [1.807, 2.05) is 49.1 Å². The highest BCUT2D eigenvalue weighted by Gasteiger charge is 2.42. The van der Waals surface area contributed by atoms with Crippen molar-refractivity contribution in [2.24, 2.45) is 17.8 Å². The summed E-state index contributed by atoms with van der Waals surface area (Å²) in [5.41, 5.74) is 0.727. The van der Waals surface area contributed by atoms with Crippen molar-refractivity contribution in [3.8, 4) is 0 Å². The van der Waals surface area contributed by atoms with Gasteiger partial charge in [-0.05, 0) is 44.2 Å². The van der Waals surface area contributed by atoms with Gasteiger partial charge in [0.25, 0.3) is 0 Å². The van der Waals surface area contributed by atoms with Crippen LogP contribution in [0.3, 0.4) is 0 Å². The van der Waals surface area contributed by atoms with Gasteiger partial charge in [-0.15, -0.1) is 0 Å². The van der Waals surface area contributed by atoms with Crippen molar-refractivity contribution in [2.45, 2.75) is 110 Å². The van der Waals surface area contributed by atoms with Gasteiger partial charge < -0.3 is 35.0 Å². The first-order valence-electron chi connectivity index (χ1n) is 16.2. The molecule has 1 aromatic carbocycles. The quantitative estimate of drug-likeness (QED) is 0.245. The van der Waals surface area contributed by atoms with Gasteiger partial charge in [-0.3, -0.25) is 14.4 Å². The van der Waals surface area contributed by atoms with Crippen LogP contribution in [-0.2, 0) is 23.9 Å². The number of likely N-dealkylation sites (N-methyl/N-ethyl adjacent to an activating group) is 2. The van der Waals surface area contributed by atoms with Crippen molar-refractivity contribution in [2.75, 3.05) is 34.9 Å². The zero-order valence-electron chi connectivity index (χ0n) is 28.6. The third kappa shape index (κ3) is 9.25. The fourth-order valence-electron chi connectivity index (χ4n) is 6.64. The van der Waals surface area contributed by atoms with E-state index in [4.69, 9.17) is 9.47 Å². The van der Waals surface area contributed by atoms with Crippen LogP contribution in [-0.4, -0.2) is 104 Å². The second kappa shape index (κ2) is 17.8. The molecule has 10 heteroatoms. The highest BCUT2D eigenvalue weighted by molar-refractivity contribution is 5.83. The van der Waals surface area contributed by atoms with Crippen molar-refractivity contribution in [1.29, 1.82) is 0 Å². The fourth-order valence-corrected chi connectivity index (χ4v) is 6.64. The second-order valence-corrected chi connectivity index (χ2v) is 12.8. The van der Waals surface area contributed by atoms with Gasteiger partial charge in [-0.1, -0.05) is 71.4 Å². The fraction of sp³-hybridized carbons (Fsp3) is 0.735. The second-order valence-electron chi connectivity index (χ2n) is 12.8. The Hall–Kier alpha value is -2.53. The van der Waals surface area contributed by atoms with E-state index in [9.17, 15) is 19.5 Å². The van der Waals surface area contributed by atoms with Gasteiger partial charge in [0.15, 0.2) is 0 Å². The molecular formula is C34H58N4O6. The van der Waals surface area contributed by atoms with E-state index in [0.717, 1.165) is 18.4 Å². The molecule has 250 valence electrons. The molecule has 0 radical (unpaired) electrons. The minimum absolute atomic E-state index is 0.0211. The van der Waals surface area contributed by atoms with Crippen LogP contribution >= 0.6 is 0 Å². The third-order valence-corrected chi connectivity index (χ3v) is 9.49. The zero-order chi connectivity index (χ0) is 33.1. The normalized spacial score (nSPS) is 20.7. The van der Waals surface area contributed by atoms with Crippen LogP contribution in [0.1, 0.15) is 78.9 Å². The predicted molar refractivity (Wildman–Crippen MR) is 173 cm³/mol. The van der Waals surface area contributed by atoms with E-state index >= 15 is 0 Å². The van der Waals surface area contributed by atoms with E-state index < -0.39 is 30.3 Å². The van der Waals surface area contributed by atoms with Gasteiger partial charge in [0.2, 0.25) is 17.7 Å². The number of amides is 3. The first-order valence-corrected chi connectivity index (χ1v) is 16.2. The zero-order valence-corrected chi connectivity index (χ0v) is 28.6. The lowest BCUT2D eigenvalue weighted by Crippen LogP contribution is -2.56. The van der Waals surface area contributed by atoms with Crippen molar-refractivity contribution in [3.63, 3.8) is 0 Å². The Morgan fingerprint density at radius 2 is 1.70 bits per heavy atom. The SMILES string of the molecule is CC[C@H](C)[C@@H]([C@H](CC(=O)N1CCC[C@H]1[C@H](OC)[C@@H](C)C(=O)N[C@H](C)[C@@H](O)c1ccccc1)OC)N(C)C(=O)[C@@H](NC)C(C)C. The third-order valence-electron chi connectivity index (χ3n) is 9.49. The number of likely N-dealkylation sites (tertiary alicyclic amines) is 1. The number of hydrogen-bond acceptors (Lipinski definition) is 7. The number of nitrogens with one attached hydrogen (secondary N) is 2. The Morgan fingerprint density at radius 3 is 2.23 bits per heavy atom. The van der Waals surface area contributed by atoms with E-state index in [0.29, 0.717) is 13.0 Å². The van der Waals surface area contributed by atoms with Crippen LogP contribution in [0.5, 0.6) is 0 Å². The van der Waals surface area contributed by atoms with Gasteiger partial charge >= 0.3 is 0 Å². The first kappa shape index (κ1) is 37.7. The largest absolute Gasteiger partial charge is 0.386 e. The summed E-state index contributed by atoms with van der Waals surface area (Å²) in [4.78, 5) is 44.3. The number of benzene rings is 1. The molecule has 9 atom stereocenters. The average molecular weight is 619 g/mol.